The highest BCUT2D eigenvalue weighted by Gasteiger charge is 2.41. The lowest BCUT2D eigenvalue weighted by Gasteiger charge is -2.42. The number of rotatable bonds is 5. The maximum atomic E-state index is 5.87. The SMILES string of the molecule is CCCN(CC1CCCCN1)C1CCC2(CC1)OCCO2. The van der Waals surface area contributed by atoms with Crippen molar-refractivity contribution >= 4 is 0 Å². The van der Waals surface area contributed by atoms with E-state index in [1.807, 2.05) is 0 Å². The summed E-state index contributed by atoms with van der Waals surface area (Å²) in [6.45, 7) is 7.55. The van der Waals surface area contributed by atoms with Crippen LogP contribution in [0.15, 0.2) is 0 Å². The van der Waals surface area contributed by atoms with Crippen molar-refractivity contribution in [3.63, 3.8) is 0 Å². The topological polar surface area (TPSA) is 33.7 Å². The Balaban J connectivity index is 1.51. The standard InChI is InChI=1S/C17H32N2O2/c1-2-11-19(14-15-5-3-4-10-18-15)16-6-8-17(9-7-16)20-12-13-21-17/h15-16,18H,2-14H2,1H3. The normalized spacial score (nSPS) is 30.3. The van der Waals surface area contributed by atoms with Crippen LogP contribution in [0.3, 0.4) is 0 Å². The maximum Gasteiger partial charge on any atom is 0.168 e. The largest absolute Gasteiger partial charge is 0.348 e. The van der Waals surface area contributed by atoms with Crippen LogP contribution in [0.25, 0.3) is 0 Å². The molecule has 122 valence electrons. The van der Waals surface area contributed by atoms with Crippen LogP contribution in [-0.4, -0.2) is 55.6 Å². The van der Waals surface area contributed by atoms with E-state index in [9.17, 15) is 0 Å². The van der Waals surface area contributed by atoms with Crippen LogP contribution in [0.5, 0.6) is 0 Å². The molecule has 4 nitrogen and oxygen atoms in total. The monoisotopic (exact) mass is 296 g/mol. The van der Waals surface area contributed by atoms with Crippen LogP contribution in [-0.2, 0) is 9.47 Å². The number of piperidine rings is 1. The first-order chi connectivity index (χ1) is 10.3. The summed E-state index contributed by atoms with van der Waals surface area (Å²) in [6.07, 6.45) is 9.97. The molecule has 1 saturated carbocycles. The summed E-state index contributed by atoms with van der Waals surface area (Å²) >= 11 is 0. The molecule has 3 rings (SSSR count). The Hall–Kier alpha value is -0.160. The van der Waals surface area contributed by atoms with Crippen LogP contribution in [0, 0.1) is 0 Å². The zero-order chi connectivity index (χ0) is 14.5. The Morgan fingerprint density at radius 1 is 1.10 bits per heavy atom. The second kappa shape index (κ2) is 7.40. The average molecular weight is 296 g/mol. The summed E-state index contributed by atoms with van der Waals surface area (Å²) in [4.78, 5) is 2.74. The molecule has 3 aliphatic rings. The lowest BCUT2D eigenvalue weighted by molar-refractivity contribution is -0.184. The quantitative estimate of drug-likeness (QED) is 0.845. The fourth-order valence-electron chi connectivity index (χ4n) is 4.27. The van der Waals surface area contributed by atoms with Gasteiger partial charge in [0.2, 0.25) is 0 Å². The number of hydrogen-bond donors (Lipinski definition) is 1. The van der Waals surface area contributed by atoms with Crippen molar-refractivity contribution in [2.45, 2.75) is 76.2 Å². The van der Waals surface area contributed by atoms with Gasteiger partial charge in [-0.05, 0) is 45.2 Å². The zero-order valence-corrected chi connectivity index (χ0v) is 13.6. The van der Waals surface area contributed by atoms with E-state index in [-0.39, 0.29) is 5.79 Å². The number of nitrogens with zero attached hydrogens (tertiary/aromatic N) is 1. The van der Waals surface area contributed by atoms with Gasteiger partial charge in [0.05, 0.1) is 13.2 Å². The number of ether oxygens (including phenoxy) is 2. The van der Waals surface area contributed by atoms with Crippen molar-refractivity contribution in [2.24, 2.45) is 0 Å². The van der Waals surface area contributed by atoms with Crippen molar-refractivity contribution < 1.29 is 9.47 Å². The van der Waals surface area contributed by atoms with Gasteiger partial charge in [0.1, 0.15) is 0 Å². The van der Waals surface area contributed by atoms with Gasteiger partial charge >= 0.3 is 0 Å². The highest BCUT2D eigenvalue weighted by atomic mass is 16.7. The summed E-state index contributed by atoms with van der Waals surface area (Å²) in [6, 6.07) is 1.44. The molecule has 0 radical (unpaired) electrons. The zero-order valence-electron chi connectivity index (χ0n) is 13.6. The summed E-state index contributed by atoms with van der Waals surface area (Å²) in [5.41, 5.74) is 0. The Bertz CT molecular complexity index is 302. The van der Waals surface area contributed by atoms with E-state index in [4.69, 9.17) is 9.47 Å². The van der Waals surface area contributed by atoms with Crippen LogP contribution in [0.2, 0.25) is 0 Å². The fourth-order valence-corrected chi connectivity index (χ4v) is 4.27. The van der Waals surface area contributed by atoms with Crippen molar-refractivity contribution in [3.05, 3.63) is 0 Å². The fraction of sp³-hybridized carbons (Fsp3) is 1.00. The Morgan fingerprint density at radius 3 is 2.48 bits per heavy atom. The molecule has 2 saturated heterocycles. The third kappa shape index (κ3) is 3.98. The number of hydrogen-bond acceptors (Lipinski definition) is 4. The predicted molar refractivity (Wildman–Crippen MR) is 84.4 cm³/mol. The van der Waals surface area contributed by atoms with Gasteiger partial charge in [0, 0.05) is 31.5 Å². The predicted octanol–water partition coefficient (Wildman–Crippen LogP) is 2.53. The lowest BCUT2D eigenvalue weighted by Crippen LogP contribution is -2.50. The molecular formula is C17H32N2O2. The Labute approximate surface area is 129 Å². The van der Waals surface area contributed by atoms with E-state index in [0.717, 1.165) is 32.1 Å². The Kier molecular flexibility index (Phi) is 5.54. The second-order valence-corrected chi connectivity index (χ2v) is 6.98. The van der Waals surface area contributed by atoms with E-state index in [2.05, 4.69) is 17.1 Å². The van der Waals surface area contributed by atoms with Gasteiger partial charge in [-0.2, -0.15) is 0 Å². The van der Waals surface area contributed by atoms with Gasteiger partial charge in [-0.1, -0.05) is 13.3 Å². The lowest BCUT2D eigenvalue weighted by atomic mass is 9.88. The molecular weight excluding hydrogens is 264 g/mol. The average Bonchev–Trinajstić information content (AvgIpc) is 2.97. The smallest absolute Gasteiger partial charge is 0.168 e. The van der Waals surface area contributed by atoms with Gasteiger partial charge in [0.15, 0.2) is 5.79 Å². The first-order valence-electron chi connectivity index (χ1n) is 9.07. The van der Waals surface area contributed by atoms with Gasteiger partial charge in [-0.25, -0.2) is 0 Å². The first-order valence-corrected chi connectivity index (χ1v) is 9.07. The minimum atomic E-state index is -0.211. The molecule has 0 amide bonds. The summed E-state index contributed by atoms with van der Waals surface area (Å²) < 4.78 is 11.7. The number of nitrogens with one attached hydrogen (secondary N) is 1. The van der Waals surface area contributed by atoms with Gasteiger partial charge < -0.3 is 14.8 Å². The maximum absolute atomic E-state index is 5.87. The minimum absolute atomic E-state index is 0.211. The van der Waals surface area contributed by atoms with Crippen molar-refractivity contribution in [3.8, 4) is 0 Å². The molecule has 2 heterocycles. The van der Waals surface area contributed by atoms with E-state index in [0.29, 0.717) is 6.04 Å². The van der Waals surface area contributed by atoms with Crippen LogP contribution >= 0.6 is 0 Å². The molecule has 1 N–H and O–H groups in total. The molecule has 2 aliphatic heterocycles. The third-order valence-electron chi connectivity index (χ3n) is 5.42. The van der Waals surface area contributed by atoms with E-state index >= 15 is 0 Å². The van der Waals surface area contributed by atoms with Crippen LogP contribution in [0.1, 0.15) is 58.3 Å². The first kappa shape index (κ1) is 15.7. The molecule has 1 unspecified atom stereocenters. The van der Waals surface area contributed by atoms with Crippen molar-refractivity contribution in [2.75, 3.05) is 32.8 Å². The molecule has 1 spiro atoms. The minimum Gasteiger partial charge on any atom is -0.348 e. The van der Waals surface area contributed by atoms with Crippen molar-refractivity contribution in [1.29, 1.82) is 0 Å². The summed E-state index contributed by atoms with van der Waals surface area (Å²) in [7, 11) is 0. The van der Waals surface area contributed by atoms with Crippen molar-refractivity contribution in [1.82, 2.24) is 10.2 Å². The molecule has 1 aliphatic carbocycles. The molecule has 0 bridgehead atoms. The van der Waals surface area contributed by atoms with Crippen LogP contribution < -0.4 is 5.32 Å². The highest BCUT2D eigenvalue weighted by Crippen LogP contribution is 2.37. The Morgan fingerprint density at radius 2 is 1.86 bits per heavy atom. The van der Waals surface area contributed by atoms with Gasteiger partial charge in [-0.15, -0.1) is 0 Å². The van der Waals surface area contributed by atoms with E-state index in [1.165, 1.54) is 58.2 Å². The highest BCUT2D eigenvalue weighted by molar-refractivity contribution is 4.88. The van der Waals surface area contributed by atoms with Crippen LogP contribution in [0.4, 0.5) is 0 Å². The van der Waals surface area contributed by atoms with Gasteiger partial charge in [-0.3, -0.25) is 4.90 Å². The molecule has 1 atom stereocenters. The molecule has 21 heavy (non-hydrogen) atoms. The third-order valence-corrected chi connectivity index (χ3v) is 5.42. The van der Waals surface area contributed by atoms with E-state index in [1.54, 1.807) is 0 Å². The van der Waals surface area contributed by atoms with Gasteiger partial charge in [0.25, 0.3) is 0 Å². The molecule has 0 aromatic carbocycles. The molecule has 0 aromatic rings. The summed E-state index contributed by atoms with van der Waals surface area (Å²) in [5.74, 6) is -0.211. The molecule has 0 aromatic heterocycles. The summed E-state index contributed by atoms with van der Waals surface area (Å²) in [5, 5.41) is 3.70. The van der Waals surface area contributed by atoms with E-state index < -0.39 is 0 Å². The second-order valence-electron chi connectivity index (χ2n) is 6.98. The molecule has 3 fully saturated rings. The molecule has 4 heteroatoms.